The second-order valence-corrected chi connectivity index (χ2v) is 6.70. The van der Waals surface area contributed by atoms with Gasteiger partial charge >= 0.3 is 0 Å². The Kier molecular flexibility index (Phi) is 3.40. The Labute approximate surface area is 116 Å². The predicted octanol–water partition coefficient (Wildman–Crippen LogP) is 2.95. The van der Waals surface area contributed by atoms with E-state index in [1.54, 1.807) is 0 Å². The van der Waals surface area contributed by atoms with E-state index < -0.39 is 0 Å². The highest BCUT2D eigenvalue weighted by molar-refractivity contribution is 5.40. The van der Waals surface area contributed by atoms with Crippen molar-refractivity contribution in [1.29, 1.82) is 0 Å². The smallest absolute Gasteiger partial charge is 0.0724 e. The minimum atomic E-state index is -0.232. The van der Waals surface area contributed by atoms with Crippen LogP contribution in [0.3, 0.4) is 0 Å². The molecule has 2 aliphatic rings. The second-order valence-electron chi connectivity index (χ2n) is 6.70. The van der Waals surface area contributed by atoms with Crippen LogP contribution < -0.4 is 0 Å². The van der Waals surface area contributed by atoms with Crippen molar-refractivity contribution in [3.05, 3.63) is 35.4 Å². The molecule has 3 rings (SSSR count). The first-order valence-corrected chi connectivity index (χ1v) is 7.60. The molecule has 1 aromatic carbocycles. The largest absolute Gasteiger partial charge is 0.391 e. The molecular weight excluding hydrogens is 234 g/mol. The van der Waals surface area contributed by atoms with Gasteiger partial charge in [-0.2, -0.15) is 0 Å². The van der Waals surface area contributed by atoms with Gasteiger partial charge in [0.15, 0.2) is 0 Å². The SMILES string of the molecule is CC(C)(C(O)CC1Cc2ccccc21)N1CCCC1. The summed E-state index contributed by atoms with van der Waals surface area (Å²) >= 11 is 0. The molecule has 0 bridgehead atoms. The van der Waals surface area contributed by atoms with Gasteiger partial charge in [0.2, 0.25) is 0 Å². The van der Waals surface area contributed by atoms with Crippen molar-refractivity contribution in [3.63, 3.8) is 0 Å². The molecule has 104 valence electrons. The van der Waals surface area contributed by atoms with E-state index in [2.05, 4.69) is 43.0 Å². The number of fused-ring (bicyclic) bond motifs is 1. The van der Waals surface area contributed by atoms with Crippen molar-refractivity contribution in [2.75, 3.05) is 13.1 Å². The summed E-state index contributed by atoms with van der Waals surface area (Å²) in [7, 11) is 0. The molecule has 1 heterocycles. The molecule has 2 nitrogen and oxygen atoms in total. The Morgan fingerprint density at radius 2 is 1.95 bits per heavy atom. The van der Waals surface area contributed by atoms with Crippen LogP contribution >= 0.6 is 0 Å². The molecule has 1 aromatic rings. The van der Waals surface area contributed by atoms with Gasteiger partial charge in [-0.1, -0.05) is 24.3 Å². The zero-order valence-electron chi connectivity index (χ0n) is 12.1. The number of aliphatic hydroxyl groups excluding tert-OH is 1. The summed E-state index contributed by atoms with van der Waals surface area (Å²) in [6.45, 7) is 6.69. The van der Waals surface area contributed by atoms with Gasteiger partial charge in [0.25, 0.3) is 0 Å². The van der Waals surface area contributed by atoms with E-state index in [1.165, 1.54) is 24.0 Å². The maximum atomic E-state index is 10.7. The van der Waals surface area contributed by atoms with Crippen LogP contribution in [-0.4, -0.2) is 34.7 Å². The molecule has 2 unspecified atom stereocenters. The van der Waals surface area contributed by atoms with Crippen molar-refractivity contribution in [1.82, 2.24) is 4.90 Å². The van der Waals surface area contributed by atoms with Crippen LogP contribution in [0.2, 0.25) is 0 Å². The van der Waals surface area contributed by atoms with Crippen LogP contribution in [0.15, 0.2) is 24.3 Å². The van der Waals surface area contributed by atoms with E-state index in [1.807, 2.05) is 0 Å². The van der Waals surface area contributed by atoms with Crippen LogP contribution in [0.25, 0.3) is 0 Å². The van der Waals surface area contributed by atoms with Crippen molar-refractivity contribution in [3.8, 4) is 0 Å². The number of hydrogen-bond acceptors (Lipinski definition) is 2. The van der Waals surface area contributed by atoms with E-state index in [4.69, 9.17) is 0 Å². The average Bonchev–Trinajstić information content (AvgIpc) is 2.90. The van der Waals surface area contributed by atoms with Gasteiger partial charge in [-0.15, -0.1) is 0 Å². The fourth-order valence-electron chi connectivity index (χ4n) is 3.64. The number of hydrogen-bond donors (Lipinski definition) is 1. The van der Waals surface area contributed by atoms with E-state index in [0.29, 0.717) is 5.92 Å². The van der Waals surface area contributed by atoms with Crippen LogP contribution in [0.4, 0.5) is 0 Å². The lowest BCUT2D eigenvalue weighted by atomic mass is 9.73. The van der Waals surface area contributed by atoms with Crippen LogP contribution in [0.1, 0.15) is 50.2 Å². The van der Waals surface area contributed by atoms with Gasteiger partial charge in [0.1, 0.15) is 0 Å². The van der Waals surface area contributed by atoms with Gasteiger partial charge in [0.05, 0.1) is 6.10 Å². The molecule has 0 spiro atoms. The number of rotatable bonds is 4. The standard InChI is InChI=1S/C17H25NO/c1-17(2,18-9-5-6-10-18)16(19)12-14-11-13-7-3-4-8-15(13)14/h3-4,7-8,14,16,19H,5-6,9-12H2,1-2H3. The summed E-state index contributed by atoms with van der Waals surface area (Å²) in [5.74, 6) is 0.563. The van der Waals surface area contributed by atoms with Gasteiger partial charge in [-0.25, -0.2) is 0 Å². The van der Waals surface area contributed by atoms with Crippen molar-refractivity contribution >= 4 is 0 Å². The van der Waals surface area contributed by atoms with Gasteiger partial charge in [-0.05, 0) is 69.7 Å². The molecule has 0 saturated carbocycles. The first kappa shape index (κ1) is 13.1. The second kappa shape index (κ2) is 4.92. The topological polar surface area (TPSA) is 23.5 Å². The fourth-order valence-corrected chi connectivity index (χ4v) is 3.64. The van der Waals surface area contributed by atoms with E-state index >= 15 is 0 Å². The van der Waals surface area contributed by atoms with Crippen molar-refractivity contribution in [2.24, 2.45) is 0 Å². The molecule has 2 atom stereocenters. The molecule has 2 heteroatoms. The van der Waals surface area contributed by atoms with E-state index in [-0.39, 0.29) is 11.6 Å². The van der Waals surface area contributed by atoms with Crippen molar-refractivity contribution in [2.45, 2.75) is 57.1 Å². The summed E-state index contributed by atoms with van der Waals surface area (Å²) in [6, 6.07) is 8.66. The van der Waals surface area contributed by atoms with Crippen molar-refractivity contribution < 1.29 is 5.11 Å². The Bertz CT molecular complexity index is 448. The number of aliphatic hydroxyl groups is 1. The quantitative estimate of drug-likeness (QED) is 0.898. The first-order valence-electron chi connectivity index (χ1n) is 7.60. The molecule has 1 N–H and O–H groups in total. The summed E-state index contributed by atoms with van der Waals surface area (Å²) in [5, 5.41) is 10.7. The van der Waals surface area contributed by atoms with Crippen LogP contribution in [0.5, 0.6) is 0 Å². The number of likely N-dealkylation sites (tertiary alicyclic amines) is 1. The zero-order chi connectivity index (χ0) is 13.5. The Morgan fingerprint density at radius 3 is 2.63 bits per heavy atom. The molecule has 1 fully saturated rings. The molecule has 0 amide bonds. The predicted molar refractivity (Wildman–Crippen MR) is 78.4 cm³/mol. The summed E-state index contributed by atoms with van der Waals surface area (Å²) in [6.07, 6.45) is 4.37. The third-order valence-corrected chi connectivity index (χ3v) is 5.21. The molecule has 1 saturated heterocycles. The maximum absolute atomic E-state index is 10.7. The normalized spacial score (nSPS) is 24.9. The molecular formula is C17H25NO. The Hall–Kier alpha value is -0.860. The Balaban J connectivity index is 1.64. The highest BCUT2D eigenvalue weighted by atomic mass is 16.3. The lowest BCUT2D eigenvalue weighted by Crippen LogP contribution is -2.51. The zero-order valence-corrected chi connectivity index (χ0v) is 12.1. The van der Waals surface area contributed by atoms with Gasteiger partial charge < -0.3 is 5.11 Å². The minimum absolute atomic E-state index is 0.0823. The van der Waals surface area contributed by atoms with E-state index in [0.717, 1.165) is 25.9 Å². The highest BCUT2D eigenvalue weighted by Gasteiger charge is 2.38. The first-order chi connectivity index (χ1) is 9.09. The molecule has 0 radical (unpaired) electrons. The van der Waals surface area contributed by atoms with E-state index in [9.17, 15) is 5.11 Å². The fraction of sp³-hybridized carbons (Fsp3) is 0.647. The maximum Gasteiger partial charge on any atom is 0.0724 e. The van der Waals surface area contributed by atoms with Crippen LogP contribution in [-0.2, 0) is 6.42 Å². The monoisotopic (exact) mass is 259 g/mol. The lowest BCUT2D eigenvalue weighted by Gasteiger charge is -2.42. The summed E-state index contributed by atoms with van der Waals surface area (Å²) < 4.78 is 0. The molecule has 0 aromatic heterocycles. The third kappa shape index (κ3) is 2.32. The number of nitrogens with zero attached hydrogens (tertiary/aromatic N) is 1. The summed E-state index contributed by atoms with van der Waals surface area (Å²) in [4.78, 5) is 2.46. The third-order valence-electron chi connectivity index (χ3n) is 5.21. The highest BCUT2D eigenvalue weighted by Crippen LogP contribution is 2.40. The lowest BCUT2D eigenvalue weighted by molar-refractivity contribution is -0.00701. The Morgan fingerprint density at radius 1 is 1.26 bits per heavy atom. The number of benzene rings is 1. The average molecular weight is 259 g/mol. The molecule has 1 aliphatic carbocycles. The summed E-state index contributed by atoms with van der Waals surface area (Å²) in [5.41, 5.74) is 2.85. The molecule has 19 heavy (non-hydrogen) atoms. The minimum Gasteiger partial charge on any atom is -0.391 e. The van der Waals surface area contributed by atoms with Crippen LogP contribution in [0, 0.1) is 0 Å². The van der Waals surface area contributed by atoms with Gasteiger partial charge in [-0.3, -0.25) is 4.90 Å². The molecule has 1 aliphatic heterocycles. The van der Waals surface area contributed by atoms with Gasteiger partial charge in [0, 0.05) is 5.54 Å².